The summed E-state index contributed by atoms with van der Waals surface area (Å²) in [6, 6.07) is 9.22. The van der Waals surface area contributed by atoms with Crippen molar-refractivity contribution < 1.29 is 4.79 Å². The number of hydrogen-bond donors (Lipinski definition) is 0. The molecule has 0 radical (unpaired) electrons. The summed E-state index contributed by atoms with van der Waals surface area (Å²) in [4.78, 5) is 18.3. The molecule has 1 aromatic carbocycles. The van der Waals surface area contributed by atoms with E-state index >= 15 is 0 Å². The van der Waals surface area contributed by atoms with Crippen molar-refractivity contribution in [2.24, 2.45) is 10.9 Å². The molecule has 3 nitrogen and oxygen atoms in total. The number of thiocarbonyl (C=S) groups is 1. The minimum Gasteiger partial charge on any atom is -0.273 e. The molecule has 5 heteroatoms. The third-order valence-corrected chi connectivity index (χ3v) is 3.61. The molecule has 94 valence electrons. The van der Waals surface area contributed by atoms with Gasteiger partial charge < -0.3 is 0 Å². The first-order valence-electron chi connectivity index (χ1n) is 5.74. The van der Waals surface area contributed by atoms with E-state index in [1.54, 1.807) is 18.2 Å². The van der Waals surface area contributed by atoms with Gasteiger partial charge in [0.15, 0.2) is 0 Å². The van der Waals surface area contributed by atoms with E-state index in [2.05, 4.69) is 4.99 Å². The molecule has 1 amide bonds. The fourth-order valence-corrected chi connectivity index (χ4v) is 2.70. The van der Waals surface area contributed by atoms with Gasteiger partial charge in [-0.05, 0) is 36.5 Å². The molecule has 1 aliphatic heterocycles. The van der Waals surface area contributed by atoms with Crippen molar-refractivity contribution in [3.05, 3.63) is 53.6 Å². The summed E-state index contributed by atoms with van der Waals surface area (Å²) in [7, 11) is 0. The highest BCUT2D eigenvalue weighted by Crippen LogP contribution is 2.30. The molecule has 1 unspecified atom stereocenters. The lowest BCUT2D eigenvalue weighted by Gasteiger charge is -2.31. The molecule has 0 N–H and O–H groups in total. The van der Waals surface area contributed by atoms with Crippen LogP contribution in [0.3, 0.4) is 0 Å². The number of carbonyl (C=O) groups excluding carboxylic acids is 1. The van der Waals surface area contributed by atoms with Gasteiger partial charge >= 0.3 is 0 Å². The van der Waals surface area contributed by atoms with Crippen LogP contribution in [0, 0.1) is 5.92 Å². The fourth-order valence-electron chi connectivity index (χ4n) is 2.12. The third kappa shape index (κ3) is 2.03. The molecular formula is C14H9ClN2OS. The van der Waals surface area contributed by atoms with Crippen molar-refractivity contribution in [2.45, 2.75) is 0 Å². The van der Waals surface area contributed by atoms with Gasteiger partial charge in [-0.3, -0.25) is 9.69 Å². The van der Waals surface area contributed by atoms with Crippen molar-refractivity contribution in [3.63, 3.8) is 0 Å². The second-order valence-corrected chi connectivity index (χ2v) is 4.97. The number of para-hydroxylation sites is 1. The van der Waals surface area contributed by atoms with E-state index in [0.717, 1.165) is 0 Å². The molecule has 0 bridgehead atoms. The van der Waals surface area contributed by atoms with Gasteiger partial charge in [0.1, 0.15) is 5.92 Å². The monoisotopic (exact) mass is 288 g/mol. The van der Waals surface area contributed by atoms with Crippen molar-refractivity contribution in [1.82, 2.24) is 0 Å². The minimum atomic E-state index is -0.543. The van der Waals surface area contributed by atoms with Crippen LogP contribution in [0.2, 0.25) is 0 Å². The van der Waals surface area contributed by atoms with Crippen LogP contribution >= 0.6 is 23.8 Å². The van der Waals surface area contributed by atoms with E-state index in [9.17, 15) is 4.79 Å². The minimum absolute atomic E-state index is 0.160. The highest BCUT2D eigenvalue weighted by Gasteiger charge is 2.38. The molecule has 0 fully saturated rings. The molecule has 1 aromatic rings. The Labute approximate surface area is 120 Å². The lowest BCUT2D eigenvalue weighted by Crippen LogP contribution is -2.47. The van der Waals surface area contributed by atoms with E-state index < -0.39 is 5.92 Å². The zero-order valence-corrected chi connectivity index (χ0v) is 11.4. The van der Waals surface area contributed by atoms with Crippen LogP contribution in [0.5, 0.6) is 0 Å². The van der Waals surface area contributed by atoms with Crippen LogP contribution in [0.4, 0.5) is 5.69 Å². The van der Waals surface area contributed by atoms with Gasteiger partial charge in [0.2, 0.25) is 11.0 Å². The summed E-state index contributed by atoms with van der Waals surface area (Å²) >= 11 is 11.3. The smallest absolute Gasteiger partial charge is 0.247 e. The first-order chi connectivity index (χ1) is 9.18. The number of rotatable bonds is 1. The number of halogens is 1. The predicted octanol–water partition coefficient (Wildman–Crippen LogP) is 3.07. The number of aliphatic imine (C=N–C) groups is 1. The number of hydrogen-bond acceptors (Lipinski definition) is 2. The maximum Gasteiger partial charge on any atom is 0.247 e. The second-order valence-electron chi connectivity index (χ2n) is 4.17. The van der Waals surface area contributed by atoms with Crippen LogP contribution in [0.1, 0.15) is 0 Å². The van der Waals surface area contributed by atoms with E-state index in [1.807, 2.05) is 30.3 Å². The number of anilines is 1. The molecule has 3 rings (SSSR count). The van der Waals surface area contributed by atoms with Crippen LogP contribution in [0.25, 0.3) is 0 Å². The van der Waals surface area contributed by atoms with E-state index in [0.29, 0.717) is 16.4 Å². The Morgan fingerprint density at radius 1 is 1.26 bits per heavy atom. The maximum absolute atomic E-state index is 12.6. The molecule has 1 atom stereocenters. The SMILES string of the molecule is O=C1C2C(Cl)=CC=CC2=NC(=S)N1c1ccccc1. The highest BCUT2D eigenvalue weighted by atomic mass is 35.5. The zero-order valence-electron chi connectivity index (χ0n) is 9.79. The summed E-state index contributed by atoms with van der Waals surface area (Å²) < 4.78 is 0. The number of amides is 1. The Hall–Kier alpha value is -1.78. The molecule has 0 spiro atoms. The fraction of sp³-hybridized carbons (Fsp3) is 0.0714. The van der Waals surface area contributed by atoms with Gasteiger partial charge in [0.25, 0.3) is 0 Å². The summed E-state index contributed by atoms with van der Waals surface area (Å²) in [5.41, 5.74) is 1.31. The molecular weight excluding hydrogens is 280 g/mol. The molecule has 0 saturated heterocycles. The molecule has 0 saturated carbocycles. The van der Waals surface area contributed by atoms with Crippen molar-refractivity contribution >= 4 is 46.2 Å². The van der Waals surface area contributed by atoms with Crippen LogP contribution in [-0.2, 0) is 4.79 Å². The Kier molecular flexibility index (Phi) is 3.05. The highest BCUT2D eigenvalue weighted by molar-refractivity contribution is 7.80. The number of benzene rings is 1. The van der Waals surface area contributed by atoms with Crippen LogP contribution in [0.15, 0.2) is 58.6 Å². The summed E-state index contributed by atoms with van der Waals surface area (Å²) in [5.74, 6) is -0.703. The third-order valence-electron chi connectivity index (χ3n) is 2.99. The Morgan fingerprint density at radius 3 is 2.74 bits per heavy atom. The lowest BCUT2D eigenvalue weighted by molar-refractivity contribution is -0.118. The number of nitrogens with zero attached hydrogens (tertiary/aromatic N) is 2. The number of allylic oxidation sites excluding steroid dienone is 3. The Bertz CT molecular complexity index is 649. The molecule has 1 heterocycles. The quantitative estimate of drug-likeness (QED) is 0.744. The summed E-state index contributed by atoms with van der Waals surface area (Å²) in [6.07, 6.45) is 5.25. The summed E-state index contributed by atoms with van der Waals surface area (Å²) in [6.45, 7) is 0. The van der Waals surface area contributed by atoms with E-state index in [4.69, 9.17) is 23.8 Å². The van der Waals surface area contributed by atoms with Gasteiger partial charge in [0, 0.05) is 5.03 Å². The average Bonchev–Trinajstić information content (AvgIpc) is 2.39. The van der Waals surface area contributed by atoms with Crippen LogP contribution < -0.4 is 4.90 Å². The van der Waals surface area contributed by atoms with Crippen molar-refractivity contribution in [3.8, 4) is 0 Å². The van der Waals surface area contributed by atoms with Gasteiger partial charge in [-0.1, -0.05) is 35.9 Å². The topological polar surface area (TPSA) is 32.7 Å². The predicted molar refractivity (Wildman–Crippen MR) is 80.5 cm³/mol. The summed E-state index contributed by atoms with van der Waals surface area (Å²) in [5, 5.41) is 0.716. The molecule has 0 aromatic heterocycles. The van der Waals surface area contributed by atoms with Gasteiger partial charge in [-0.25, -0.2) is 4.99 Å². The van der Waals surface area contributed by atoms with E-state index in [-0.39, 0.29) is 11.0 Å². The van der Waals surface area contributed by atoms with E-state index in [1.165, 1.54) is 4.90 Å². The zero-order chi connectivity index (χ0) is 13.4. The molecule has 19 heavy (non-hydrogen) atoms. The van der Waals surface area contributed by atoms with Gasteiger partial charge in [-0.2, -0.15) is 0 Å². The normalized spacial score (nSPS) is 21.9. The standard InChI is InChI=1S/C14H9ClN2OS/c15-10-7-4-8-11-12(10)13(18)17(14(19)16-11)9-5-2-1-3-6-9/h1-8,12H. The molecule has 1 aliphatic carbocycles. The van der Waals surface area contributed by atoms with Gasteiger partial charge in [0.05, 0.1) is 11.4 Å². The van der Waals surface area contributed by atoms with Crippen LogP contribution in [-0.4, -0.2) is 16.7 Å². The Balaban J connectivity index is 2.08. The Morgan fingerprint density at radius 2 is 2.00 bits per heavy atom. The second kappa shape index (κ2) is 4.72. The number of fused-ring (bicyclic) bond motifs is 1. The maximum atomic E-state index is 12.6. The largest absolute Gasteiger partial charge is 0.273 e. The van der Waals surface area contributed by atoms with Crippen molar-refractivity contribution in [1.29, 1.82) is 0 Å². The average molecular weight is 289 g/mol. The lowest BCUT2D eigenvalue weighted by atomic mass is 9.95. The first-order valence-corrected chi connectivity index (χ1v) is 6.52. The van der Waals surface area contributed by atoms with Gasteiger partial charge in [-0.15, -0.1) is 0 Å². The first kappa shape index (κ1) is 12.3. The van der Waals surface area contributed by atoms with Crippen molar-refractivity contribution in [2.75, 3.05) is 4.90 Å². The molecule has 2 aliphatic rings. The number of carbonyl (C=O) groups is 1.